The molecule has 0 radical (unpaired) electrons. The fourth-order valence-electron chi connectivity index (χ4n) is 2.45. The number of nitrogens with zero attached hydrogens (tertiary/aromatic N) is 1. The SMILES string of the molecule is Cc1ccc(NC(=O)COC(=O)c2ccccc2N(C)S(C)(=O)=O)c(C)c1. The summed E-state index contributed by atoms with van der Waals surface area (Å²) in [5.41, 5.74) is 2.85. The highest BCUT2D eigenvalue weighted by molar-refractivity contribution is 7.92. The largest absolute Gasteiger partial charge is 0.452 e. The number of benzene rings is 2. The van der Waals surface area contributed by atoms with E-state index < -0.39 is 28.5 Å². The van der Waals surface area contributed by atoms with Crippen LogP contribution in [0.1, 0.15) is 21.5 Å². The number of nitrogens with one attached hydrogen (secondary N) is 1. The van der Waals surface area contributed by atoms with Gasteiger partial charge in [-0.1, -0.05) is 29.8 Å². The van der Waals surface area contributed by atoms with Crippen molar-refractivity contribution in [3.8, 4) is 0 Å². The molecule has 0 aliphatic rings. The van der Waals surface area contributed by atoms with Crippen molar-refractivity contribution in [2.75, 3.05) is 29.5 Å². The number of ether oxygens (including phenoxy) is 1. The van der Waals surface area contributed by atoms with Crippen LogP contribution in [-0.4, -0.2) is 40.2 Å². The Morgan fingerprint density at radius 1 is 1.11 bits per heavy atom. The van der Waals surface area contributed by atoms with Gasteiger partial charge in [0.25, 0.3) is 5.91 Å². The highest BCUT2D eigenvalue weighted by Gasteiger charge is 2.21. The molecule has 0 spiro atoms. The van der Waals surface area contributed by atoms with Crippen LogP contribution in [0, 0.1) is 13.8 Å². The molecule has 0 saturated carbocycles. The molecule has 8 heteroatoms. The lowest BCUT2D eigenvalue weighted by molar-refractivity contribution is -0.119. The van der Waals surface area contributed by atoms with Gasteiger partial charge in [0.05, 0.1) is 17.5 Å². The average Bonchev–Trinajstić information content (AvgIpc) is 2.60. The van der Waals surface area contributed by atoms with Gasteiger partial charge in [-0.25, -0.2) is 13.2 Å². The molecule has 0 aliphatic heterocycles. The molecule has 0 heterocycles. The minimum absolute atomic E-state index is 0.0599. The molecule has 0 atom stereocenters. The van der Waals surface area contributed by atoms with Gasteiger partial charge in [-0.15, -0.1) is 0 Å². The monoisotopic (exact) mass is 390 g/mol. The second-order valence-corrected chi connectivity index (χ2v) is 8.20. The summed E-state index contributed by atoms with van der Waals surface area (Å²) in [5.74, 6) is -1.26. The molecule has 2 aromatic rings. The lowest BCUT2D eigenvalue weighted by Gasteiger charge is -2.19. The van der Waals surface area contributed by atoms with E-state index in [1.54, 1.807) is 18.2 Å². The molecule has 0 aromatic heterocycles. The lowest BCUT2D eigenvalue weighted by Crippen LogP contribution is -2.27. The van der Waals surface area contributed by atoms with Crippen LogP contribution in [0.15, 0.2) is 42.5 Å². The summed E-state index contributed by atoms with van der Waals surface area (Å²) in [6, 6.07) is 11.7. The molecular formula is C19H22N2O5S. The molecule has 0 unspecified atom stereocenters. The van der Waals surface area contributed by atoms with Crippen LogP contribution in [0.3, 0.4) is 0 Å². The number of carbonyl (C=O) groups is 2. The first-order valence-corrected chi connectivity index (χ1v) is 10.0. The molecule has 27 heavy (non-hydrogen) atoms. The van der Waals surface area contributed by atoms with Crippen LogP contribution in [0.2, 0.25) is 0 Å². The normalized spacial score (nSPS) is 11.0. The summed E-state index contributed by atoms with van der Waals surface area (Å²) in [4.78, 5) is 24.4. The Hall–Kier alpha value is -2.87. The molecule has 0 aliphatic carbocycles. The third-order valence-corrected chi connectivity index (χ3v) is 5.14. The highest BCUT2D eigenvalue weighted by Crippen LogP contribution is 2.22. The quantitative estimate of drug-likeness (QED) is 0.765. The number of para-hydroxylation sites is 1. The van der Waals surface area contributed by atoms with E-state index >= 15 is 0 Å². The maximum Gasteiger partial charge on any atom is 0.340 e. The molecular weight excluding hydrogens is 368 g/mol. The first kappa shape index (κ1) is 20.4. The number of hydrogen-bond donors (Lipinski definition) is 1. The zero-order valence-electron chi connectivity index (χ0n) is 15.6. The number of hydrogen-bond acceptors (Lipinski definition) is 5. The van der Waals surface area contributed by atoms with Crippen LogP contribution < -0.4 is 9.62 Å². The van der Waals surface area contributed by atoms with Crippen LogP contribution in [0.25, 0.3) is 0 Å². The Morgan fingerprint density at radius 3 is 2.41 bits per heavy atom. The van der Waals surface area contributed by atoms with Crippen LogP contribution >= 0.6 is 0 Å². The molecule has 0 saturated heterocycles. The van der Waals surface area contributed by atoms with E-state index in [1.165, 1.54) is 19.2 Å². The number of anilines is 2. The average molecular weight is 390 g/mol. The zero-order chi connectivity index (χ0) is 20.2. The molecule has 1 N–H and O–H groups in total. The number of rotatable bonds is 6. The van der Waals surface area contributed by atoms with E-state index in [4.69, 9.17) is 4.74 Å². The van der Waals surface area contributed by atoms with Gasteiger partial charge >= 0.3 is 5.97 Å². The van der Waals surface area contributed by atoms with Crippen molar-refractivity contribution in [1.82, 2.24) is 0 Å². The zero-order valence-corrected chi connectivity index (χ0v) is 16.5. The van der Waals surface area contributed by atoms with Gasteiger partial charge in [-0.2, -0.15) is 0 Å². The Morgan fingerprint density at radius 2 is 1.78 bits per heavy atom. The fraction of sp³-hybridized carbons (Fsp3) is 0.263. The summed E-state index contributed by atoms with van der Waals surface area (Å²) < 4.78 is 29.5. The third-order valence-electron chi connectivity index (χ3n) is 3.95. The second kappa shape index (κ2) is 8.22. The standard InChI is InChI=1S/C19H22N2O5S/c1-13-9-10-16(14(2)11-13)20-18(22)12-26-19(23)15-7-5-6-8-17(15)21(3)27(4,24)25/h5-11H,12H2,1-4H3,(H,20,22). The van der Waals surface area contributed by atoms with E-state index in [9.17, 15) is 18.0 Å². The Labute approximate surface area is 159 Å². The van der Waals surface area contributed by atoms with Crippen molar-refractivity contribution in [3.63, 3.8) is 0 Å². The predicted molar refractivity (Wildman–Crippen MR) is 105 cm³/mol. The number of aryl methyl sites for hydroxylation is 2. The topological polar surface area (TPSA) is 92.8 Å². The van der Waals surface area contributed by atoms with Crippen LogP contribution in [-0.2, 0) is 19.6 Å². The maximum absolute atomic E-state index is 12.3. The van der Waals surface area contributed by atoms with E-state index in [1.807, 2.05) is 26.0 Å². The summed E-state index contributed by atoms with van der Waals surface area (Å²) in [6.45, 7) is 3.33. The fourth-order valence-corrected chi connectivity index (χ4v) is 2.96. The molecule has 1 amide bonds. The second-order valence-electron chi connectivity index (χ2n) is 6.19. The van der Waals surface area contributed by atoms with Crippen molar-refractivity contribution in [3.05, 3.63) is 59.2 Å². The number of esters is 1. The molecule has 144 valence electrons. The van der Waals surface area contributed by atoms with Gasteiger partial charge in [-0.3, -0.25) is 9.10 Å². The Kier molecular flexibility index (Phi) is 6.22. The van der Waals surface area contributed by atoms with Gasteiger partial charge in [0.1, 0.15) is 0 Å². The minimum Gasteiger partial charge on any atom is -0.452 e. The van der Waals surface area contributed by atoms with Gasteiger partial charge in [0.15, 0.2) is 6.61 Å². The van der Waals surface area contributed by atoms with Gasteiger partial charge in [0.2, 0.25) is 10.0 Å². The lowest BCUT2D eigenvalue weighted by atomic mass is 10.1. The summed E-state index contributed by atoms with van der Waals surface area (Å²) >= 11 is 0. The van der Waals surface area contributed by atoms with E-state index in [-0.39, 0.29) is 11.3 Å². The van der Waals surface area contributed by atoms with Crippen LogP contribution in [0.5, 0.6) is 0 Å². The van der Waals surface area contributed by atoms with E-state index in [2.05, 4.69) is 5.32 Å². The molecule has 2 aromatic carbocycles. The van der Waals surface area contributed by atoms with Gasteiger partial charge in [0, 0.05) is 12.7 Å². The molecule has 7 nitrogen and oxygen atoms in total. The number of carbonyl (C=O) groups excluding carboxylic acids is 2. The summed E-state index contributed by atoms with van der Waals surface area (Å²) in [5, 5.41) is 2.68. The smallest absolute Gasteiger partial charge is 0.340 e. The summed E-state index contributed by atoms with van der Waals surface area (Å²) in [6.07, 6.45) is 1.03. The summed E-state index contributed by atoms with van der Waals surface area (Å²) in [7, 11) is -2.20. The molecule has 0 fully saturated rings. The van der Waals surface area contributed by atoms with Gasteiger partial charge in [-0.05, 0) is 37.6 Å². The van der Waals surface area contributed by atoms with Crippen molar-refractivity contribution >= 4 is 33.3 Å². The van der Waals surface area contributed by atoms with E-state index in [0.29, 0.717) is 5.69 Å². The number of sulfonamides is 1. The van der Waals surface area contributed by atoms with Crippen molar-refractivity contribution < 1.29 is 22.7 Å². The van der Waals surface area contributed by atoms with Crippen molar-refractivity contribution in [2.24, 2.45) is 0 Å². The first-order valence-electron chi connectivity index (χ1n) is 8.16. The van der Waals surface area contributed by atoms with Crippen LogP contribution in [0.4, 0.5) is 11.4 Å². The molecule has 2 rings (SSSR count). The first-order chi connectivity index (χ1) is 12.6. The van der Waals surface area contributed by atoms with Crippen molar-refractivity contribution in [2.45, 2.75) is 13.8 Å². The number of amides is 1. The molecule has 0 bridgehead atoms. The van der Waals surface area contributed by atoms with Gasteiger partial charge < -0.3 is 10.1 Å². The third kappa shape index (κ3) is 5.30. The Balaban J connectivity index is 2.07. The highest BCUT2D eigenvalue weighted by atomic mass is 32.2. The Bertz CT molecular complexity index is 970. The van der Waals surface area contributed by atoms with E-state index in [0.717, 1.165) is 21.7 Å². The maximum atomic E-state index is 12.3. The van der Waals surface area contributed by atoms with Crippen molar-refractivity contribution in [1.29, 1.82) is 0 Å². The predicted octanol–water partition coefficient (Wildman–Crippen LogP) is 2.49. The minimum atomic E-state index is -3.55.